The number of likely N-dealkylation sites (tertiary alicyclic amines) is 1. The molecule has 1 aliphatic heterocycles. The van der Waals surface area contributed by atoms with E-state index in [0.717, 1.165) is 24.8 Å². The molecule has 1 saturated heterocycles. The fourth-order valence-electron chi connectivity index (χ4n) is 2.17. The zero-order valence-electron chi connectivity index (χ0n) is 9.48. The van der Waals surface area contributed by atoms with E-state index in [4.69, 9.17) is 0 Å². The lowest BCUT2D eigenvalue weighted by molar-refractivity contribution is 0.307. The molecule has 2 heterocycles. The Morgan fingerprint density at radius 1 is 1.60 bits per heavy atom. The van der Waals surface area contributed by atoms with Crippen LogP contribution in [0.15, 0.2) is 6.33 Å². The average molecular weight is 209 g/mol. The molecular formula is C10H19N5. The summed E-state index contributed by atoms with van der Waals surface area (Å²) in [6, 6.07) is 0. The van der Waals surface area contributed by atoms with Crippen molar-refractivity contribution in [1.29, 1.82) is 0 Å². The van der Waals surface area contributed by atoms with Crippen LogP contribution in [0.25, 0.3) is 0 Å². The van der Waals surface area contributed by atoms with Crippen LogP contribution in [0.4, 0.5) is 0 Å². The van der Waals surface area contributed by atoms with Crippen LogP contribution in [0.3, 0.4) is 0 Å². The van der Waals surface area contributed by atoms with Crippen LogP contribution in [0, 0.1) is 5.92 Å². The van der Waals surface area contributed by atoms with E-state index in [1.807, 2.05) is 14.1 Å². The molecule has 5 nitrogen and oxygen atoms in total. The van der Waals surface area contributed by atoms with E-state index in [9.17, 15) is 0 Å². The highest BCUT2D eigenvalue weighted by Gasteiger charge is 2.22. The van der Waals surface area contributed by atoms with Crippen molar-refractivity contribution in [2.45, 2.75) is 13.0 Å². The number of rotatable bonds is 4. The van der Waals surface area contributed by atoms with Gasteiger partial charge in [0, 0.05) is 13.6 Å². The van der Waals surface area contributed by atoms with Crippen molar-refractivity contribution in [3.63, 3.8) is 0 Å². The van der Waals surface area contributed by atoms with Crippen LogP contribution in [0.1, 0.15) is 12.2 Å². The van der Waals surface area contributed by atoms with Crippen LogP contribution in [-0.4, -0.2) is 46.3 Å². The Balaban J connectivity index is 1.82. The van der Waals surface area contributed by atoms with Crippen LogP contribution in [0.5, 0.6) is 0 Å². The Hall–Kier alpha value is -0.940. The summed E-state index contributed by atoms with van der Waals surface area (Å²) < 4.78 is 1.76. The smallest absolute Gasteiger partial charge is 0.164 e. The minimum Gasteiger partial charge on any atom is -0.319 e. The summed E-state index contributed by atoms with van der Waals surface area (Å²) in [7, 11) is 3.92. The molecule has 0 bridgehead atoms. The molecule has 84 valence electrons. The molecule has 1 aliphatic rings. The minimum atomic E-state index is 0.790. The number of aromatic nitrogens is 3. The van der Waals surface area contributed by atoms with E-state index in [-0.39, 0.29) is 0 Å². The van der Waals surface area contributed by atoms with Gasteiger partial charge in [-0.25, -0.2) is 4.98 Å². The predicted molar refractivity (Wildman–Crippen MR) is 58.3 cm³/mol. The Bertz CT molecular complexity index is 309. The van der Waals surface area contributed by atoms with Crippen molar-refractivity contribution in [1.82, 2.24) is 25.0 Å². The topological polar surface area (TPSA) is 46.0 Å². The fourth-order valence-corrected chi connectivity index (χ4v) is 2.17. The van der Waals surface area contributed by atoms with Gasteiger partial charge in [-0.1, -0.05) is 0 Å². The highest BCUT2D eigenvalue weighted by molar-refractivity contribution is 4.85. The van der Waals surface area contributed by atoms with Crippen molar-refractivity contribution >= 4 is 0 Å². The molecule has 0 amide bonds. The lowest BCUT2D eigenvalue weighted by Gasteiger charge is -2.13. The van der Waals surface area contributed by atoms with Gasteiger partial charge < -0.3 is 5.32 Å². The maximum atomic E-state index is 4.29. The zero-order valence-corrected chi connectivity index (χ0v) is 9.48. The third-order valence-electron chi connectivity index (χ3n) is 2.87. The lowest BCUT2D eigenvalue weighted by Crippen LogP contribution is -2.24. The summed E-state index contributed by atoms with van der Waals surface area (Å²) in [5.41, 5.74) is 0. The van der Waals surface area contributed by atoms with E-state index >= 15 is 0 Å². The fraction of sp³-hybridized carbons (Fsp3) is 0.800. The highest BCUT2D eigenvalue weighted by atomic mass is 15.3. The SMILES string of the molecule is CNCC1CCN(Cc2ncn(C)n2)C1. The molecule has 0 aromatic carbocycles. The number of nitrogens with zero attached hydrogens (tertiary/aromatic N) is 4. The molecule has 1 aromatic rings. The molecule has 0 radical (unpaired) electrons. The summed E-state index contributed by atoms with van der Waals surface area (Å²) >= 11 is 0. The van der Waals surface area contributed by atoms with Gasteiger partial charge in [-0.3, -0.25) is 9.58 Å². The molecule has 1 aromatic heterocycles. The summed E-state index contributed by atoms with van der Waals surface area (Å²) in [5.74, 6) is 1.72. The molecule has 0 spiro atoms. The second-order valence-corrected chi connectivity index (χ2v) is 4.28. The van der Waals surface area contributed by atoms with Gasteiger partial charge in [0.05, 0.1) is 6.54 Å². The van der Waals surface area contributed by atoms with Gasteiger partial charge in [0.1, 0.15) is 6.33 Å². The highest BCUT2D eigenvalue weighted by Crippen LogP contribution is 2.16. The van der Waals surface area contributed by atoms with Crippen molar-refractivity contribution in [3.8, 4) is 0 Å². The number of hydrogen-bond donors (Lipinski definition) is 1. The average Bonchev–Trinajstić information content (AvgIpc) is 2.78. The summed E-state index contributed by atoms with van der Waals surface area (Å²) in [4.78, 5) is 6.67. The molecule has 5 heteroatoms. The summed E-state index contributed by atoms with van der Waals surface area (Å²) in [6.07, 6.45) is 3.05. The largest absolute Gasteiger partial charge is 0.319 e. The van der Waals surface area contributed by atoms with Gasteiger partial charge in [-0.15, -0.1) is 0 Å². The van der Waals surface area contributed by atoms with Gasteiger partial charge in [0.2, 0.25) is 0 Å². The number of nitrogens with one attached hydrogen (secondary N) is 1. The maximum absolute atomic E-state index is 4.29. The van der Waals surface area contributed by atoms with Gasteiger partial charge in [-0.2, -0.15) is 5.10 Å². The van der Waals surface area contributed by atoms with E-state index in [0.29, 0.717) is 0 Å². The molecule has 2 rings (SSSR count). The van der Waals surface area contributed by atoms with E-state index in [1.165, 1.54) is 19.5 Å². The van der Waals surface area contributed by atoms with E-state index in [2.05, 4.69) is 20.3 Å². The normalized spacial score (nSPS) is 22.4. The molecule has 15 heavy (non-hydrogen) atoms. The minimum absolute atomic E-state index is 0.790. The molecule has 1 N–H and O–H groups in total. The van der Waals surface area contributed by atoms with Crippen molar-refractivity contribution < 1.29 is 0 Å². The first-order chi connectivity index (χ1) is 7.28. The van der Waals surface area contributed by atoms with Crippen molar-refractivity contribution in [3.05, 3.63) is 12.2 Å². The Kier molecular flexibility index (Phi) is 3.33. The third kappa shape index (κ3) is 2.76. The molecular weight excluding hydrogens is 190 g/mol. The third-order valence-corrected chi connectivity index (χ3v) is 2.87. The maximum Gasteiger partial charge on any atom is 0.164 e. The molecule has 1 atom stereocenters. The van der Waals surface area contributed by atoms with E-state index < -0.39 is 0 Å². The van der Waals surface area contributed by atoms with Gasteiger partial charge in [-0.05, 0) is 32.5 Å². The molecule has 1 unspecified atom stereocenters. The molecule has 1 fully saturated rings. The van der Waals surface area contributed by atoms with Crippen LogP contribution >= 0.6 is 0 Å². The van der Waals surface area contributed by atoms with Gasteiger partial charge in [0.25, 0.3) is 0 Å². The first-order valence-electron chi connectivity index (χ1n) is 5.49. The summed E-state index contributed by atoms with van der Waals surface area (Å²) in [5, 5.41) is 7.53. The monoisotopic (exact) mass is 209 g/mol. The summed E-state index contributed by atoms with van der Waals surface area (Å²) in [6.45, 7) is 4.34. The van der Waals surface area contributed by atoms with Crippen LogP contribution in [-0.2, 0) is 13.6 Å². The van der Waals surface area contributed by atoms with Crippen LogP contribution in [0.2, 0.25) is 0 Å². The van der Waals surface area contributed by atoms with Crippen LogP contribution < -0.4 is 5.32 Å². The predicted octanol–water partition coefficient (Wildman–Crippen LogP) is -0.144. The quantitative estimate of drug-likeness (QED) is 0.749. The Labute approximate surface area is 90.5 Å². The van der Waals surface area contributed by atoms with Gasteiger partial charge >= 0.3 is 0 Å². The number of aryl methyl sites for hydroxylation is 1. The Morgan fingerprint density at radius 3 is 3.13 bits per heavy atom. The van der Waals surface area contributed by atoms with Crippen molar-refractivity contribution in [2.24, 2.45) is 13.0 Å². The first kappa shape index (κ1) is 10.6. The van der Waals surface area contributed by atoms with E-state index in [1.54, 1.807) is 11.0 Å². The van der Waals surface area contributed by atoms with Crippen molar-refractivity contribution in [2.75, 3.05) is 26.7 Å². The molecule has 0 aliphatic carbocycles. The van der Waals surface area contributed by atoms with Gasteiger partial charge in [0.15, 0.2) is 5.82 Å². The second-order valence-electron chi connectivity index (χ2n) is 4.28. The zero-order chi connectivity index (χ0) is 10.7. The second kappa shape index (κ2) is 4.72. The first-order valence-corrected chi connectivity index (χ1v) is 5.49. The lowest BCUT2D eigenvalue weighted by atomic mass is 10.1. The standard InChI is InChI=1S/C10H19N5/c1-11-5-9-3-4-15(6-9)7-10-12-8-14(2)13-10/h8-9,11H,3-7H2,1-2H3. The molecule has 0 saturated carbocycles. The Morgan fingerprint density at radius 2 is 2.47 bits per heavy atom. The number of hydrogen-bond acceptors (Lipinski definition) is 4.